The summed E-state index contributed by atoms with van der Waals surface area (Å²) >= 11 is 1.62. The van der Waals surface area contributed by atoms with Crippen LogP contribution in [0.2, 0.25) is 0 Å². The molecule has 1 amide bonds. The van der Waals surface area contributed by atoms with Crippen LogP contribution in [0.1, 0.15) is 15.9 Å². The Labute approximate surface area is 156 Å². The maximum absolute atomic E-state index is 12.5. The van der Waals surface area contributed by atoms with Gasteiger partial charge in [-0.15, -0.1) is 11.3 Å². The van der Waals surface area contributed by atoms with E-state index >= 15 is 0 Å². The number of nitrogen functional groups attached to an aromatic ring is 1. The number of thiophene rings is 1. The molecule has 1 atom stereocenters. The van der Waals surface area contributed by atoms with Crippen molar-refractivity contribution in [2.75, 3.05) is 17.2 Å². The predicted octanol–water partition coefficient (Wildman–Crippen LogP) is 4.26. The molecule has 134 valence electrons. The average molecular weight is 386 g/mol. The first kappa shape index (κ1) is 18.4. The van der Waals surface area contributed by atoms with Crippen molar-refractivity contribution >= 4 is 36.6 Å². The number of aryl methyl sites for hydroxylation is 1. The number of carbonyl (C=O) groups is 1. The number of hydrogen-bond donors (Lipinski definition) is 3. The highest BCUT2D eigenvalue weighted by Crippen LogP contribution is 2.30. The van der Waals surface area contributed by atoms with Gasteiger partial charge in [-0.25, -0.2) is 0 Å². The molecule has 7 heteroatoms. The maximum atomic E-state index is 12.5. The summed E-state index contributed by atoms with van der Waals surface area (Å²) in [7, 11) is -2.47. The number of anilines is 2. The number of nitrogens with one attached hydrogen (secondary N) is 1. The Hall–Kier alpha value is -2.40. The van der Waals surface area contributed by atoms with Crippen molar-refractivity contribution in [2.45, 2.75) is 6.42 Å². The van der Waals surface area contributed by atoms with E-state index < -0.39 is 8.03 Å². The Morgan fingerprint density at radius 1 is 1.15 bits per heavy atom. The molecule has 5 nitrogen and oxygen atoms in total. The standard InChI is InChI=1S/C19H19N2O3PS/c20-16-8-7-15(18-2-1-11-26-18)12-17(16)21-19(22)14-5-3-13(4-6-14)9-10-25(23)24/h1-8,11-12,25H,9-10,20H2,(H,21,22)(H,23,24). The Balaban J connectivity index is 1.73. The third-order valence-corrected chi connectivity index (χ3v) is 5.55. The van der Waals surface area contributed by atoms with E-state index in [0.29, 0.717) is 23.4 Å². The quantitative estimate of drug-likeness (QED) is 0.436. The molecule has 0 aliphatic rings. The third-order valence-electron chi connectivity index (χ3n) is 3.95. The second kappa shape index (κ2) is 8.32. The van der Waals surface area contributed by atoms with Crippen molar-refractivity contribution in [3.63, 3.8) is 0 Å². The summed E-state index contributed by atoms with van der Waals surface area (Å²) < 4.78 is 10.8. The lowest BCUT2D eigenvalue weighted by molar-refractivity contribution is 0.102. The number of amides is 1. The molecule has 0 bridgehead atoms. The molecule has 1 unspecified atom stereocenters. The van der Waals surface area contributed by atoms with Gasteiger partial charge >= 0.3 is 0 Å². The first-order chi connectivity index (χ1) is 12.5. The second-order valence-electron chi connectivity index (χ2n) is 5.82. The molecule has 0 radical (unpaired) electrons. The zero-order chi connectivity index (χ0) is 18.5. The molecule has 4 N–H and O–H groups in total. The first-order valence-electron chi connectivity index (χ1n) is 8.08. The summed E-state index contributed by atoms with van der Waals surface area (Å²) in [6.07, 6.45) is 0.772. The van der Waals surface area contributed by atoms with E-state index in [0.717, 1.165) is 16.0 Å². The monoisotopic (exact) mass is 386 g/mol. The molecule has 26 heavy (non-hydrogen) atoms. The van der Waals surface area contributed by atoms with E-state index in [1.165, 1.54) is 0 Å². The van der Waals surface area contributed by atoms with Crippen LogP contribution in [0.5, 0.6) is 0 Å². The molecule has 2 aromatic carbocycles. The average Bonchev–Trinajstić information content (AvgIpc) is 3.17. The van der Waals surface area contributed by atoms with Crippen LogP contribution in [-0.2, 0) is 11.0 Å². The van der Waals surface area contributed by atoms with Crippen LogP contribution < -0.4 is 11.1 Å². The highest BCUT2D eigenvalue weighted by Gasteiger charge is 2.10. The van der Waals surface area contributed by atoms with E-state index in [-0.39, 0.29) is 12.1 Å². The number of rotatable bonds is 6. The van der Waals surface area contributed by atoms with E-state index in [9.17, 15) is 9.36 Å². The lowest BCUT2D eigenvalue weighted by Gasteiger charge is -2.10. The molecule has 3 rings (SSSR count). The molecular weight excluding hydrogens is 367 g/mol. The summed E-state index contributed by atoms with van der Waals surface area (Å²) in [5.41, 5.74) is 9.50. The Morgan fingerprint density at radius 2 is 1.92 bits per heavy atom. The molecule has 1 heterocycles. The molecular formula is C19H19N2O3PS. The van der Waals surface area contributed by atoms with Crippen molar-refractivity contribution in [1.29, 1.82) is 0 Å². The van der Waals surface area contributed by atoms with Crippen molar-refractivity contribution in [3.8, 4) is 10.4 Å². The number of nitrogens with two attached hydrogens (primary N) is 1. The van der Waals surface area contributed by atoms with Crippen LogP contribution in [0.4, 0.5) is 11.4 Å². The molecule has 0 aliphatic carbocycles. The van der Waals surface area contributed by atoms with Crippen molar-refractivity contribution < 1.29 is 14.3 Å². The molecule has 1 aromatic heterocycles. The minimum atomic E-state index is -2.47. The first-order valence-corrected chi connectivity index (χ1v) is 10.5. The van der Waals surface area contributed by atoms with Crippen molar-refractivity contribution in [1.82, 2.24) is 0 Å². The molecule has 0 fully saturated rings. The smallest absolute Gasteiger partial charge is 0.255 e. The molecule has 0 saturated heterocycles. The minimum Gasteiger partial charge on any atom is -0.397 e. The SMILES string of the molecule is Nc1ccc(-c2cccs2)cc1NC(=O)c1ccc(CC[PH](=O)O)cc1. The summed E-state index contributed by atoms with van der Waals surface area (Å²) in [6, 6.07) is 16.6. The van der Waals surface area contributed by atoms with Crippen LogP contribution in [0.15, 0.2) is 60.0 Å². The van der Waals surface area contributed by atoms with Gasteiger partial charge < -0.3 is 15.9 Å². The van der Waals surface area contributed by atoms with Crippen LogP contribution in [0, 0.1) is 0 Å². The topological polar surface area (TPSA) is 92.4 Å². The number of carbonyl (C=O) groups excluding carboxylic acids is 1. The largest absolute Gasteiger partial charge is 0.397 e. The van der Waals surface area contributed by atoms with Gasteiger partial charge in [0.15, 0.2) is 8.03 Å². The molecule has 3 aromatic rings. The van der Waals surface area contributed by atoms with Crippen LogP contribution >= 0.6 is 19.4 Å². The Morgan fingerprint density at radius 3 is 2.58 bits per heavy atom. The van der Waals surface area contributed by atoms with Gasteiger partial charge in [0.2, 0.25) is 0 Å². The van der Waals surface area contributed by atoms with Gasteiger partial charge in [-0.1, -0.05) is 24.3 Å². The third kappa shape index (κ3) is 4.61. The van der Waals surface area contributed by atoms with Gasteiger partial charge in [0.05, 0.1) is 11.4 Å². The fourth-order valence-electron chi connectivity index (χ4n) is 2.53. The fraction of sp³-hybridized carbons (Fsp3) is 0.105. The lowest BCUT2D eigenvalue weighted by Crippen LogP contribution is -2.13. The van der Waals surface area contributed by atoms with Crippen LogP contribution in [0.25, 0.3) is 10.4 Å². The van der Waals surface area contributed by atoms with Gasteiger partial charge in [-0.05, 0) is 53.3 Å². The minimum absolute atomic E-state index is 0.248. The fourth-order valence-corrected chi connectivity index (χ4v) is 3.76. The number of benzene rings is 2. The highest BCUT2D eigenvalue weighted by molar-refractivity contribution is 7.37. The zero-order valence-electron chi connectivity index (χ0n) is 13.9. The van der Waals surface area contributed by atoms with E-state index in [1.807, 2.05) is 29.6 Å². The maximum Gasteiger partial charge on any atom is 0.255 e. The van der Waals surface area contributed by atoms with Crippen molar-refractivity contribution in [2.24, 2.45) is 0 Å². The van der Waals surface area contributed by atoms with E-state index in [1.54, 1.807) is 41.7 Å². The van der Waals surface area contributed by atoms with Gasteiger partial charge in [0.1, 0.15) is 0 Å². The van der Waals surface area contributed by atoms with Gasteiger partial charge in [0, 0.05) is 16.6 Å². The molecule has 0 aliphatic heterocycles. The molecule has 0 spiro atoms. The highest BCUT2D eigenvalue weighted by atomic mass is 32.1. The van der Waals surface area contributed by atoms with Gasteiger partial charge in [-0.3, -0.25) is 9.36 Å². The van der Waals surface area contributed by atoms with E-state index in [2.05, 4.69) is 5.32 Å². The normalized spacial score (nSPS) is 11.9. The van der Waals surface area contributed by atoms with Gasteiger partial charge in [-0.2, -0.15) is 0 Å². The Bertz CT molecular complexity index is 924. The van der Waals surface area contributed by atoms with Gasteiger partial charge in [0.25, 0.3) is 5.91 Å². The lowest BCUT2D eigenvalue weighted by atomic mass is 10.1. The Kier molecular flexibility index (Phi) is 5.89. The number of hydrogen-bond acceptors (Lipinski definition) is 4. The second-order valence-corrected chi connectivity index (χ2v) is 8.06. The van der Waals surface area contributed by atoms with E-state index in [4.69, 9.17) is 10.6 Å². The summed E-state index contributed by atoms with van der Waals surface area (Å²) in [6.45, 7) is 0. The van der Waals surface area contributed by atoms with Crippen LogP contribution in [-0.4, -0.2) is 17.0 Å². The summed E-state index contributed by atoms with van der Waals surface area (Å²) in [4.78, 5) is 22.5. The molecule has 0 saturated carbocycles. The summed E-state index contributed by atoms with van der Waals surface area (Å²) in [5, 5.41) is 4.85. The predicted molar refractivity (Wildman–Crippen MR) is 108 cm³/mol. The van der Waals surface area contributed by atoms with Crippen molar-refractivity contribution in [3.05, 3.63) is 71.1 Å². The summed E-state index contributed by atoms with van der Waals surface area (Å²) in [5.74, 6) is -0.248. The zero-order valence-corrected chi connectivity index (χ0v) is 15.8. The van der Waals surface area contributed by atoms with Crippen LogP contribution in [0.3, 0.4) is 0 Å².